The molecule has 4 nitrogen and oxygen atoms in total. The lowest BCUT2D eigenvalue weighted by atomic mass is 9.92. The van der Waals surface area contributed by atoms with Crippen LogP contribution in [0.4, 0.5) is 5.69 Å². The molecular formula is C15H22Cl3N3O. The molecule has 0 radical (unpaired) electrons. The normalized spacial score (nSPS) is 22.0. The fourth-order valence-electron chi connectivity index (χ4n) is 2.73. The largest absolute Gasteiger partial charge is 0.329 e. The summed E-state index contributed by atoms with van der Waals surface area (Å²) in [6.07, 6.45) is 2.13. The second-order valence-corrected chi connectivity index (χ2v) is 6.45. The number of nitrogens with one attached hydrogen (secondary N) is 1. The van der Waals surface area contributed by atoms with Gasteiger partial charge in [-0.1, -0.05) is 36.2 Å². The Morgan fingerprint density at radius 3 is 2.64 bits per heavy atom. The van der Waals surface area contributed by atoms with Crippen molar-refractivity contribution in [1.29, 1.82) is 0 Å². The van der Waals surface area contributed by atoms with Crippen LogP contribution < -0.4 is 11.1 Å². The fraction of sp³-hybridized carbons (Fsp3) is 0.533. The Balaban J connectivity index is 0.00000242. The maximum absolute atomic E-state index is 12.2. The molecule has 22 heavy (non-hydrogen) atoms. The summed E-state index contributed by atoms with van der Waals surface area (Å²) in [5.74, 6) is 0.550. The van der Waals surface area contributed by atoms with E-state index in [1.54, 1.807) is 18.2 Å². The van der Waals surface area contributed by atoms with Crippen LogP contribution in [-0.4, -0.2) is 36.5 Å². The molecule has 7 heteroatoms. The summed E-state index contributed by atoms with van der Waals surface area (Å²) in [5, 5.41) is 3.68. The third-order valence-electron chi connectivity index (χ3n) is 3.95. The monoisotopic (exact) mass is 365 g/mol. The predicted molar refractivity (Wildman–Crippen MR) is 95.2 cm³/mol. The minimum atomic E-state index is -0.113. The van der Waals surface area contributed by atoms with E-state index in [0.717, 1.165) is 19.4 Å². The maximum atomic E-state index is 12.2. The Kier molecular flexibility index (Phi) is 7.94. The Labute approximate surface area is 147 Å². The molecule has 1 aliphatic rings. The fourth-order valence-corrected chi connectivity index (χ4v) is 3.23. The Morgan fingerprint density at radius 1 is 1.41 bits per heavy atom. The number of hydrogen-bond donors (Lipinski definition) is 2. The molecule has 0 aliphatic carbocycles. The van der Waals surface area contributed by atoms with Crippen LogP contribution in [0.25, 0.3) is 0 Å². The van der Waals surface area contributed by atoms with Crippen LogP contribution in [0.1, 0.15) is 19.8 Å². The van der Waals surface area contributed by atoms with Gasteiger partial charge in [0.15, 0.2) is 0 Å². The van der Waals surface area contributed by atoms with Crippen LogP contribution >= 0.6 is 35.6 Å². The lowest BCUT2D eigenvalue weighted by Gasteiger charge is -2.37. The molecule has 0 aromatic heterocycles. The van der Waals surface area contributed by atoms with Crippen LogP contribution in [0.2, 0.25) is 10.0 Å². The molecule has 1 aliphatic heterocycles. The lowest BCUT2D eigenvalue weighted by Crippen LogP contribution is -2.49. The molecule has 2 atom stereocenters. The second kappa shape index (κ2) is 8.94. The van der Waals surface area contributed by atoms with Gasteiger partial charge in [-0.3, -0.25) is 9.69 Å². The highest BCUT2D eigenvalue weighted by Gasteiger charge is 2.26. The van der Waals surface area contributed by atoms with Crippen molar-refractivity contribution in [2.75, 3.05) is 25.0 Å². The lowest BCUT2D eigenvalue weighted by molar-refractivity contribution is -0.118. The number of carbonyl (C=O) groups excluding carboxylic acids is 1. The molecule has 3 N–H and O–H groups in total. The van der Waals surface area contributed by atoms with Crippen molar-refractivity contribution >= 4 is 47.2 Å². The topological polar surface area (TPSA) is 58.4 Å². The predicted octanol–water partition coefficient (Wildman–Crippen LogP) is 3.41. The number of rotatable bonds is 4. The molecular weight excluding hydrogens is 345 g/mol. The van der Waals surface area contributed by atoms with Crippen LogP contribution in [0.3, 0.4) is 0 Å². The van der Waals surface area contributed by atoms with E-state index in [4.69, 9.17) is 28.9 Å². The zero-order chi connectivity index (χ0) is 15.4. The van der Waals surface area contributed by atoms with Gasteiger partial charge in [0.1, 0.15) is 0 Å². The summed E-state index contributed by atoms with van der Waals surface area (Å²) in [4.78, 5) is 14.4. The van der Waals surface area contributed by atoms with Gasteiger partial charge >= 0.3 is 0 Å². The third-order valence-corrected chi connectivity index (χ3v) is 4.58. The Bertz CT molecular complexity index is 493. The summed E-state index contributed by atoms with van der Waals surface area (Å²) < 4.78 is 0. The standard InChI is InChI=1S/C15H21Cl2N3O.ClH/c1-10-5-6-20(11(7-10)8-18)9-14(21)19-15-12(16)3-2-4-13(15)17;/h2-4,10-11H,5-9,18H2,1H3,(H,19,21);1H. The van der Waals surface area contributed by atoms with Crippen molar-refractivity contribution in [3.63, 3.8) is 0 Å². The van der Waals surface area contributed by atoms with Crippen molar-refractivity contribution < 1.29 is 4.79 Å². The second-order valence-electron chi connectivity index (χ2n) is 5.63. The number of piperidine rings is 1. The number of benzene rings is 1. The van der Waals surface area contributed by atoms with Gasteiger partial charge in [-0.05, 0) is 37.4 Å². The summed E-state index contributed by atoms with van der Waals surface area (Å²) in [6, 6.07) is 5.42. The maximum Gasteiger partial charge on any atom is 0.238 e. The van der Waals surface area contributed by atoms with Crippen LogP contribution in [-0.2, 0) is 4.79 Å². The van der Waals surface area contributed by atoms with Crippen LogP contribution in [0, 0.1) is 5.92 Å². The smallest absolute Gasteiger partial charge is 0.238 e. The first-order chi connectivity index (χ1) is 10.0. The highest BCUT2D eigenvalue weighted by molar-refractivity contribution is 6.39. The molecule has 1 aromatic rings. The van der Waals surface area contributed by atoms with E-state index in [9.17, 15) is 4.79 Å². The van der Waals surface area contributed by atoms with Gasteiger partial charge in [0.25, 0.3) is 0 Å². The molecule has 2 unspecified atom stereocenters. The first-order valence-electron chi connectivity index (χ1n) is 7.19. The first kappa shape index (κ1) is 19.5. The zero-order valence-electron chi connectivity index (χ0n) is 12.5. The van der Waals surface area contributed by atoms with E-state index < -0.39 is 0 Å². The molecule has 0 bridgehead atoms. The molecule has 1 aromatic carbocycles. The van der Waals surface area contributed by atoms with E-state index in [1.807, 2.05) is 0 Å². The number of halogens is 3. The van der Waals surface area contributed by atoms with Gasteiger partial charge in [-0.2, -0.15) is 0 Å². The number of amides is 1. The number of carbonyl (C=O) groups is 1. The van der Waals surface area contributed by atoms with Crippen molar-refractivity contribution in [3.05, 3.63) is 28.2 Å². The summed E-state index contributed by atoms with van der Waals surface area (Å²) >= 11 is 12.1. The minimum absolute atomic E-state index is 0. The van der Waals surface area contributed by atoms with Crippen LogP contribution in [0.5, 0.6) is 0 Å². The van der Waals surface area contributed by atoms with E-state index in [-0.39, 0.29) is 24.4 Å². The number of hydrogen-bond acceptors (Lipinski definition) is 3. The number of nitrogens with zero attached hydrogens (tertiary/aromatic N) is 1. The van der Waals surface area contributed by atoms with Crippen molar-refractivity contribution in [2.24, 2.45) is 11.7 Å². The van der Waals surface area contributed by atoms with Gasteiger partial charge in [0.2, 0.25) is 5.91 Å². The van der Waals surface area contributed by atoms with Crippen molar-refractivity contribution in [2.45, 2.75) is 25.8 Å². The molecule has 0 spiro atoms. The Morgan fingerprint density at radius 2 is 2.05 bits per heavy atom. The van der Waals surface area contributed by atoms with Gasteiger partial charge < -0.3 is 11.1 Å². The SMILES string of the molecule is CC1CCN(CC(=O)Nc2c(Cl)cccc2Cl)C(CN)C1.Cl. The summed E-state index contributed by atoms with van der Waals surface area (Å²) in [6.45, 7) is 4.01. The number of anilines is 1. The molecule has 1 heterocycles. The minimum Gasteiger partial charge on any atom is -0.329 e. The highest BCUT2D eigenvalue weighted by atomic mass is 35.5. The van der Waals surface area contributed by atoms with E-state index in [0.29, 0.717) is 34.7 Å². The van der Waals surface area contributed by atoms with Gasteiger partial charge in [0.05, 0.1) is 22.3 Å². The number of likely N-dealkylation sites (tertiary alicyclic amines) is 1. The van der Waals surface area contributed by atoms with E-state index in [2.05, 4.69) is 17.1 Å². The zero-order valence-corrected chi connectivity index (χ0v) is 14.8. The highest BCUT2D eigenvalue weighted by Crippen LogP contribution is 2.30. The summed E-state index contributed by atoms with van der Waals surface area (Å²) in [5.41, 5.74) is 6.29. The molecule has 1 amide bonds. The van der Waals surface area contributed by atoms with Gasteiger partial charge in [-0.15, -0.1) is 12.4 Å². The summed E-state index contributed by atoms with van der Waals surface area (Å²) in [7, 11) is 0. The first-order valence-corrected chi connectivity index (χ1v) is 7.94. The van der Waals surface area contributed by atoms with Crippen molar-refractivity contribution in [1.82, 2.24) is 4.90 Å². The molecule has 0 saturated carbocycles. The molecule has 1 fully saturated rings. The number of para-hydroxylation sites is 1. The van der Waals surface area contributed by atoms with E-state index >= 15 is 0 Å². The van der Waals surface area contributed by atoms with Crippen LogP contribution in [0.15, 0.2) is 18.2 Å². The number of nitrogens with two attached hydrogens (primary N) is 1. The average molecular weight is 367 g/mol. The Hall–Kier alpha value is -0.520. The third kappa shape index (κ3) is 5.00. The van der Waals surface area contributed by atoms with E-state index in [1.165, 1.54) is 0 Å². The average Bonchev–Trinajstić information content (AvgIpc) is 2.45. The molecule has 1 saturated heterocycles. The van der Waals surface area contributed by atoms with Gasteiger partial charge in [-0.25, -0.2) is 0 Å². The van der Waals surface area contributed by atoms with Crippen molar-refractivity contribution in [3.8, 4) is 0 Å². The van der Waals surface area contributed by atoms with Gasteiger partial charge in [0, 0.05) is 12.6 Å². The molecule has 2 rings (SSSR count). The molecule has 124 valence electrons. The quantitative estimate of drug-likeness (QED) is 0.858.